The fourth-order valence-corrected chi connectivity index (χ4v) is 3.82. The standard InChI is InChI=1S/C17H36O10S2/c1-3-5-7-9-11-24-14-17(13-18,15-25-12-10-8-6-4-2)16-26-29(22,23)27-28(19,20)21/h18H,3-16H2,1-2H3,(H,19,20,21). The summed E-state index contributed by atoms with van der Waals surface area (Å²) in [7, 11) is -10.3. The fourth-order valence-electron chi connectivity index (χ4n) is 2.42. The molecule has 0 bridgehead atoms. The molecule has 0 aromatic heterocycles. The van der Waals surface area contributed by atoms with Crippen LogP contribution in [0, 0.1) is 5.41 Å². The van der Waals surface area contributed by atoms with E-state index in [2.05, 4.69) is 21.7 Å². The van der Waals surface area contributed by atoms with E-state index in [-0.39, 0.29) is 13.2 Å². The van der Waals surface area contributed by atoms with Crippen molar-refractivity contribution in [2.24, 2.45) is 5.41 Å². The van der Waals surface area contributed by atoms with Gasteiger partial charge < -0.3 is 14.6 Å². The molecule has 10 nitrogen and oxygen atoms in total. The molecule has 0 aliphatic carbocycles. The zero-order valence-electron chi connectivity index (χ0n) is 17.4. The van der Waals surface area contributed by atoms with Crippen LogP contribution in [0.15, 0.2) is 0 Å². The van der Waals surface area contributed by atoms with Crippen molar-refractivity contribution in [1.29, 1.82) is 0 Å². The molecule has 0 aromatic carbocycles. The first-order chi connectivity index (χ1) is 13.6. The van der Waals surface area contributed by atoms with E-state index in [1.807, 2.05) is 0 Å². The molecule has 0 amide bonds. The lowest BCUT2D eigenvalue weighted by Crippen LogP contribution is -2.42. The number of hydrogen-bond acceptors (Lipinski definition) is 9. The van der Waals surface area contributed by atoms with Crippen LogP contribution in [0.3, 0.4) is 0 Å². The summed E-state index contributed by atoms with van der Waals surface area (Å²) in [4.78, 5) is 0. The molecule has 12 heteroatoms. The molecule has 0 atom stereocenters. The summed E-state index contributed by atoms with van der Waals surface area (Å²) in [5.74, 6) is 0. The molecule has 29 heavy (non-hydrogen) atoms. The molecule has 0 fully saturated rings. The van der Waals surface area contributed by atoms with Gasteiger partial charge in [-0.25, -0.2) is 4.18 Å². The van der Waals surface area contributed by atoms with Crippen LogP contribution >= 0.6 is 0 Å². The predicted molar refractivity (Wildman–Crippen MR) is 107 cm³/mol. The van der Waals surface area contributed by atoms with Crippen molar-refractivity contribution in [2.75, 3.05) is 39.6 Å². The molecule has 0 aliphatic rings. The minimum absolute atomic E-state index is 0.0496. The van der Waals surface area contributed by atoms with Gasteiger partial charge in [-0.3, -0.25) is 4.55 Å². The first kappa shape index (κ1) is 28.7. The van der Waals surface area contributed by atoms with Crippen LogP contribution in [0.1, 0.15) is 65.2 Å². The lowest BCUT2D eigenvalue weighted by atomic mass is 9.92. The van der Waals surface area contributed by atoms with Gasteiger partial charge in [0.25, 0.3) is 0 Å². The minimum Gasteiger partial charge on any atom is -0.396 e. The highest BCUT2D eigenvalue weighted by atomic mass is 32.3. The second-order valence-corrected chi connectivity index (χ2v) is 9.50. The number of unbranched alkanes of at least 4 members (excludes halogenated alkanes) is 6. The summed E-state index contributed by atoms with van der Waals surface area (Å²) in [6.45, 7) is 3.77. The molecule has 0 saturated carbocycles. The highest BCUT2D eigenvalue weighted by Crippen LogP contribution is 2.21. The molecular formula is C17H36O10S2. The third kappa shape index (κ3) is 16.1. The van der Waals surface area contributed by atoms with Gasteiger partial charge in [0.1, 0.15) is 0 Å². The van der Waals surface area contributed by atoms with E-state index in [0.29, 0.717) is 13.2 Å². The Morgan fingerprint density at radius 1 is 0.759 bits per heavy atom. The molecular weight excluding hydrogens is 428 g/mol. The van der Waals surface area contributed by atoms with Crippen LogP contribution in [0.5, 0.6) is 0 Å². The zero-order chi connectivity index (χ0) is 22.2. The second kappa shape index (κ2) is 15.5. The minimum atomic E-state index is -5.25. The van der Waals surface area contributed by atoms with Gasteiger partial charge >= 0.3 is 20.8 Å². The number of hydrogen-bond donors (Lipinski definition) is 2. The topological polar surface area (TPSA) is 146 Å². The van der Waals surface area contributed by atoms with Crippen LogP contribution < -0.4 is 0 Å². The van der Waals surface area contributed by atoms with Crippen LogP contribution in [0.4, 0.5) is 0 Å². The van der Waals surface area contributed by atoms with Gasteiger partial charge in [-0.2, -0.15) is 16.8 Å². The van der Waals surface area contributed by atoms with Crippen LogP contribution in [-0.4, -0.2) is 66.1 Å². The molecule has 0 saturated heterocycles. The Kier molecular flexibility index (Phi) is 15.3. The first-order valence-electron chi connectivity index (χ1n) is 9.94. The normalized spacial score (nSPS) is 13.1. The van der Waals surface area contributed by atoms with Crippen molar-refractivity contribution in [3.05, 3.63) is 0 Å². The Labute approximate surface area is 175 Å². The van der Waals surface area contributed by atoms with E-state index in [1.165, 1.54) is 0 Å². The number of ether oxygens (including phenoxy) is 2. The summed E-state index contributed by atoms with van der Waals surface area (Å²) in [6, 6.07) is 0. The quantitative estimate of drug-likeness (QED) is 0.203. The van der Waals surface area contributed by atoms with E-state index in [1.54, 1.807) is 0 Å². The van der Waals surface area contributed by atoms with E-state index < -0.39 is 39.4 Å². The Hall–Kier alpha value is -0.340. The van der Waals surface area contributed by atoms with Crippen molar-refractivity contribution in [3.63, 3.8) is 0 Å². The highest BCUT2D eigenvalue weighted by Gasteiger charge is 2.35. The van der Waals surface area contributed by atoms with Crippen LogP contribution in [0.25, 0.3) is 0 Å². The van der Waals surface area contributed by atoms with E-state index >= 15 is 0 Å². The van der Waals surface area contributed by atoms with Crippen LogP contribution in [0.2, 0.25) is 0 Å². The molecule has 0 spiro atoms. The summed E-state index contributed by atoms with van der Waals surface area (Å²) >= 11 is 0. The molecule has 0 heterocycles. The summed E-state index contributed by atoms with van der Waals surface area (Å²) < 4.78 is 72.1. The second-order valence-electron chi connectivity index (χ2n) is 7.05. The van der Waals surface area contributed by atoms with E-state index in [9.17, 15) is 21.9 Å². The van der Waals surface area contributed by atoms with Gasteiger partial charge in [0.05, 0.1) is 31.8 Å². The Morgan fingerprint density at radius 2 is 1.24 bits per heavy atom. The molecule has 0 aliphatic heterocycles. The summed E-state index contributed by atoms with van der Waals surface area (Å²) in [6.07, 6.45) is 7.91. The largest absolute Gasteiger partial charge is 0.416 e. The van der Waals surface area contributed by atoms with Crippen molar-refractivity contribution in [1.82, 2.24) is 0 Å². The van der Waals surface area contributed by atoms with Gasteiger partial charge in [-0.05, 0) is 12.8 Å². The first-order valence-corrected chi connectivity index (χ1v) is 12.6. The Bertz CT molecular complexity index is 588. The third-order valence-corrected chi connectivity index (χ3v) is 5.88. The fraction of sp³-hybridized carbons (Fsp3) is 1.00. The zero-order valence-corrected chi connectivity index (χ0v) is 19.0. The molecule has 0 radical (unpaired) electrons. The number of aliphatic hydroxyl groups excluding tert-OH is 1. The summed E-state index contributed by atoms with van der Waals surface area (Å²) in [5, 5.41) is 9.84. The predicted octanol–water partition coefficient (Wildman–Crippen LogP) is 2.24. The van der Waals surface area contributed by atoms with Gasteiger partial charge in [0.15, 0.2) is 0 Å². The van der Waals surface area contributed by atoms with Crippen molar-refractivity contribution in [2.45, 2.75) is 65.2 Å². The van der Waals surface area contributed by atoms with Gasteiger partial charge in [0.2, 0.25) is 0 Å². The number of rotatable bonds is 20. The smallest absolute Gasteiger partial charge is 0.396 e. The Balaban J connectivity index is 4.80. The maximum atomic E-state index is 11.6. The van der Waals surface area contributed by atoms with Gasteiger partial charge in [-0.1, -0.05) is 52.4 Å². The highest BCUT2D eigenvalue weighted by molar-refractivity contribution is 7.94. The Morgan fingerprint density at radius 3 is 1.62 bits per heavy atom. The molecule has 0 unspecified atom stereocenters. The molecule has 176 valence electrons. The average molecular weight is 465 g/mol. The third-order valence-electron chi connectivity index (χ3n) is 4.12. The van der Waals surface area contributed by atoms with E-state index in [0.717, 1.165) is 51.4 Å². The maximum Gasteiger partial charge on any atom is 0.416 e. The van der Waals surface area contributed by atoms with E-state index in [4.69, 9.17) is 14.0 Å². The molecule has 2 N–H and O–H groups in total. The molecule has 0 rings (SSSR count). The maximum absolute atomic E-state index is 11.6. The summed E-state index contributed by atoms with van der Waals surface area (Å²) in [5.41, 5.74) is -1.23. The van der Waals surface area contributed by atoms with Crippen molar-refractivity contribution < 1.29 is 43.8 Å². The lowest BCUT2D eigenvalue weighted by Gasteiger charge is -2.30. The van der Waals surface area contributed by atoms with Gasteiger partial charge in [-0.15, -0.1) is 3.63 Å². The SMILES string of the molecule is CCCCCCOCC(CO)(COCCCCCC)COS(=O)(=O)OS(=O)(=O)O. The monoisotopic (exact) mass is 464 g/mol. The van der Waals surface area contributed by atoms with Crippen molar-refractivity contribution in [3.8, 4) is 0 Å². The average Bonchev–Trinajstić information content (AvgIpc) is 2.63. The molecule has 0 aromatic rings. The van der Waals surface area contributed by atoms with Crippen molar-refractivity contribution >= 4 is 20.8 Å². The lowest BCUT2D eigenvalue weighted by molar-refractivity contribution is -0.0728. The van der Waals surface area contributed by atoms with Crippen LogP contribution in [-0.2, 0) is 38.1 Å². The van der Waals surface area contributed by atoms with Gasteiger partial charge in [0, 0.05) is 13.2 Å². The number of aliphatic hydroxyl groups is 1.